The normalized spacial score (nSPS) is 9.81. The van der Waals surface area contributed by atoms with Gasteiger partial charge in [-0.1, -0.05) is 18.8 Å². The van der Waals surface area contributed by atoms with E-state index in [4.69, 9.17) is 10.2 Å². The number of aromatic nitrogens is 2. The second kappa shape index (κ2) is 7.22. The number of oxazole rings is 1. The second-order valence-electron chi connectivity index (χ2n) is 4.22. The Morgan fingerprint density at radius 2 is 2.29 bits per heavy atom. The van der Waals surface area contributed by atoms with Gasteiger partial charge in [0.15, 0.2) is 0 Å². The summed E-state index contributed by atoms with van der Waals surface area (Å²) in [7, 11) is 0. The van der Waals surface area contributed by atoms with Gasteiger partial charge in [0.05, 0.1) is 24.8 Å². The third kappa shape index (κ3) is 4.16. The van der Waals surface area contributed by atoms with Crippen molar-refractivity contribution in [2.45, 2.75) is 19.9 Å². The zero-order valence-electron chi connectivity index (χ0n) is 11.7. The summed E-state index contributed by atoms with van der Waals surface area (Å²) < 4.78 is 5.42. The van der Waals surface area contributed by atoms with Gasteiger partial charge in [0, 0.05) is 24.4 Å². The maximum atomic E-state index is 12.0. The van der Waals surface area contributed by atoms with Crippen LogP contribution in [0.3, 0.4) is 0 Å². The Morgan fingerprint density at radius 1 is 1.43 bits per heavy atom. The van der Waals surface area contributed by atoms with Crippen LogP contribution in [0.4, 0.5) is 0 Å². The summed E-state index contributed by atoms with van der Waals surface area (Å²) >= 11 is 0. The molecule has 1 amide bonds. The molecule has 0 bridgehead atoms. The largest absolute Gasteiger partial charge is 0.444 e. The van der Waals surface area contributed by atoms with Crippen LogP contribution < -0.4 is 11.1 Å². The average molecular weight is 284 g/mol. The van der Waals surface area contributed by atoms with Gasteiger partial charge in [0.25, 0.3) is 5.91 Å². The molecule has 0 atom stereocenters. The molecule has 3 N–H and O–H groups in total. The molecule has 6 nitrogen and oxygen atoms in total. The number of carbonyl (C=O) groups is 1. The number of pyridine rings is 1. The fraction of sp³-hybridized carbons (Fsp3) is 0.267. The molecule has 0 saturated carbocycles. The highest BCUT2D eigenvalue weighted by atomic mass is 16.4. The van der Waals surface area contributed by atoms with Crippen LogP contribution in [-0.2, 0) is 13.0 Å². The third-order valence-electron chi connectivity index (χ3n) is 2.69. The molecule has 2 rings (SSSR count). The maximum Gasteiger partial charge on any atom is 0.253 e. The van der Waals surface area contributed by atoms with Crippen LogP contribution in [0.25, 0.3) is 0 Å². The molecule has 0 radical (unpaired) electrons. The van der Waals surface area contributed by atoms with Crippen molar-refractivity contribution in [3.8, 4) is 11.8 Å². The van der Waals surface area contributed by atoms with Gasteiger partial charge < -0.3 is 15.5 Å². The molecule has 2 heterocycles. The SMILES string of the molecule is CCc1cnc(CNC(=O)c2cncc(C#CCN)c2)o1. The van der Waals surface area contributed by atoms with Gasteiger partial charge in [-0.25, -0.2) is 4.98 Å². The van der Waals surface area contributed by atoms with Crippen LogP contribution in [-0.4, -0.2) is 22.4 Å². The van der Waals surface area contributed by atoms with E-state index in [2.05, 4.69) is 27.1 Å². The zero-order valence-corrected chi connectivity index (χ0v) is 11.7. The van der Waals surface area contributed by atoms with Crippen LogP contribution in [0, 0.1) is 11.8 Å². The first kappa shape index (κ1) is 14.8. The summed E-state index contributed by atoms with van der Waals surface area (Å²) in [4.78, 5) is 20.1. The number of nitrogens with zero attached hydrogens (tertiary/aromatic N) is 2. The number of amides is 1. The van der Waals surface area contributed by atoms with Crippen molar-refractivity contribution < 1.29 is 9.21 Å². The van der Waals surface area contributed by atoms with Gasteiger partial charge in [0.1, 0.15) is 5.76 Å². The van der Waals surface area contributed by atoms with Crippen molar-refractivity contribution >= 4 is 5.91 Å². The van der Waals surface area contributed by atoms with Crippen molar-refractivity contribution in [2.75, 3.05) is 6.54 Å². The first-order chi connectivity index (χ1) is 10.2. The third-order valence-corrected chi connectivity index (χ3v) is 2.69. The highest BCUT2D eigenvalue weighted by Gasteiger charge is 2.08. The molecular formula is C15H16N4O2. The summed E-state index contributed by atoms with van der Waals surface area (Å²) in [6.45, 7) is 2.47. The Hall–Kier alpha value is -2.65. The van der Waals surface area contributed by atoms with Gasteiger partial charge >= 0.3 is 0 Å². The number of rotatable bonds is 4. The minimum absolute atomic E-state index is 0.234. The van der Waals surface area contributed by atoms with Crippen molar-refractivity contribution in [1.82, 2.24) is 15.3 Å². The molecular weight excluding hydrogens is 268 g/mol. The van der Waals surface area contributed by atoms with Crippen LogP contribution >= 0.6 is 0 Å². The highest BCUT2D eigenvalue weighted by Crippen LogP contribution is 2.05. The van der Waals surface area contributed by atoms with Gasteiger partial charge in [0.2, 0.25) is 5.89 Å². The van der Waals surface area contributed by atoms with E-state index >= 15 is 0 Å². The smallest absolute Gasteiger partial charge is 0.253 e. The second-order valence-corrected chi connectivity index (χ2v) is 4.22. The number of hydrogen-bond acceptors (Lipinski definition) is 5. The highest BCUT2D eigenvalue weighted by molar-refractivity contribution is 5.94. The van der Waals surface area contributed by atoms with E-state index in [0.717, 1.165) is 12.2 Å². The van der Waals surface area contributed by atoms with E-state index < -0.39 is 0 Å². The van der Waals surface area contributed by atoms with Crippen molar-refractivity contribution in [3.63, 3.8) is 0 Å². The molecule has 6 heteroatoms. The summed E-state index contributed by atoms with van der Waals surface area (Å²) in [6.07, 6.45) is 5.50. The lowest BCUT2D eigenvalue weighted by atomic mass is 10.2. The molecule has 21 heavy (non-hydrogen) atoms. The summed E-state index contributed by atoms with van der Waals surface area (Å²) in [5, 5.41) is 2.73. The minimum atomic E-state index is -0.254. The van der Waals surface area contributed by atoms with E-state index in [9.17, 15) is 4.79 Å². The Morgan fingerprint density at radius 3 is 3.00 bits per heavy atom. The quantitative estimate of drug-likeness (QED) is 0.813. The Labute approximate surface area is 122 Å². The number of aryl methyl sites for hydroxylation is 1. The molecule has 108 valence electrons. The van der Waals surface area contributed by atoms with E-state index in [-0.39, 0.29) is 19.0 Å². The fourth-order valence-electron chi connectivity index (χ4n) is 1.64. The lowest BCUT2D eigenvalue weighted by Crippen LogP contribution is -2.23. The predicted octanol–water partition coefficient (Wildman–Crippen LogP) is 0.872. The first-order valence-corrected chi connectivity index (χ1v) is 6.58. The minimum Gasteiger partial charge on any atom is -0.444 e. The molecule has 0 saturated heterocycles. The van der Waals surface area contributed by atoms with E-state index in [1.165, 1.54) is 6.20 Å². The van der Waals surface area contributed by atoms with E-state index in [0.29, 0.717) is 17.0 Å². The molecule has 0 aliphatic rings. The lowest BCUT2D eigenvalue weighted by Gasteiger charge is -2.02. The van der Waals surface area contributed by atoms with Crippen molar-refractivity contribution in [3.05, 3.63) is 47.4 Å². The molecule has 2 aromatic heterocycles. The van der Waals surface area contributed by atoms with Crippen LogP contribution in [0.2, 0.25) is 0 Å². The van der Waals surface area contributed by atoms with Crippen LogP contribution in [0.15, 0.2) is 29.1 Å². The van der Waals surface area contributed by atoms with Crippen LogP contribution in [0.5, 0.6) is 0 Å². The van der Waals surface area contributed by atoms with Crippen molar-refractivity contribution in [1.29, 1.82) is 0 Å². The molecule has 0 spiro atoms. The summed E-state index contributed by atoms with van der Waals surface area (Å²) in [5.74, 6) is 6.57. The number of nitrogens with one attached hydrogen (secondary N) is 1. The number of carbonyl (C=O) groups excluding carboxylic acids is 1. The van der Waals surface area contributed by atoms with Gasteiger partial charge in [-0.15, -0.1) is 0 Å². The zero-order chi connectivity index (χ0) is 15.1. The van der Waals surface area contributed by atoms with Crippen LogP contribution in [0.1, 0.15) is 34.5 Å². The standard InChI is InChI=1S/C15H16N4O2/c1-2-13-9-18-14(21-13)10-19-15(20)12-6-11(4-3-5-16)7-17-8-12/h6-9H,2,5,10,16H2,1H3,(H,19,20). The molecule has 2 aromatic rings. The molecule has 0 aliphatic carbocycles. The maximum absolute atomic E-state index is 12.0. The predicted molar refractivity (Wildman–Crippen MR) is 77.2 cm³/mol. The Bertz CT molecular complexity index is 682. The van der Waals surface area contributed by atoms with E-state index in [1.807, 2.05) is 6.92 Å². The Balaban J connectivity index is 1.99. The summed E-state index contributed by atoms with van der Waals surface area (Å²) in [5.41, 5.74) is 6.39. The number of hydrogen-bond donors (Lipinski definition) is 2. The first-order valence-electron chi connectivity index (χ1n) is 6.58. The topological polar surface area (TPSA) is 94.0 Å². The molecule has 0 aliphatic heterocycles. The average Bonchev–Trinajstić information content (AvgIpc) is 2.99. The fourth-order valence-corrected chi connectivity index (χ4v) is 1.64. The van der Waals surface area contributed by atoms with Gasteiger partial charge in [-0.2, -0.15) is 0 Å². The molecule has 0 aromatic carbocycles. The van der Waals surface area contributed by atoms with Crippen molar-refractivity contribution in [2.24, 2.45) is 5.73 Å². The number of nitrogens with two attached hydrogens (primary N) is 1. The molecule has 0 fully saturated rings. The monoisotopic (exact) mass is 284 g/mol. The Kier molecular flexibility index (Phi) is 5.07. The van der Waals surface area contributed by atoms with Gasteiger partial charge in [-0.05, 0) is 6.07 Å². The van der Waals surface area contributed by atoms with Gasteiger partial charge in [-0.3, -0.25) is 9.78 Å². The summed E-state index contributed by atoms with van der Waals surface area (Å²) in [6, 6.07) is 1.66. The molecule has 0 unspecified atom stereocenters. The lowest BCUT2D eigenvalue weighted by molar-refractivity contribution is 0.0946. The van der Waals surface area contributed by atoms with E-state index in [1.54, 1.807) is 18.5 Å².